The summed E-state index contributed by atoms with van der Waals surface area (Å²) in [7, 11) is 0. The molecule has 1 aliphatic heterocycles. The van der Waals surface area contributed by atoms with Gasteiger partial charge in [-0.3, -0.25) is 19.3 Å². The van der Waals surface area contributed by atoms with E-state index in [1.807, 2.05) is 0 Å². The average Bonchev–Trinajstić information content (AvgIpc) is 3.35. The molecule has 34 heavy (non-hydrogen) atoms. The number of imide groups is 1. The van der Waals surface area contributed by atoms with E-state index in [9.17, 15) is 31.9 Å². The Labute approximate surface area is 194 Å². The lowest BCUT2D eigenvalue weighted by molar-refractivity contribution is -0.137. The fourth-order valence-corrected chi connectivity index (χ4v) is 3.98. The number of carbonyl (C=O) groups is 3. The Morgan fingerprint density at radius 1 is 1.03 bits per heavy atom. The summed E-state index contributed by atoms with van der Waals surface area (Å²) in [5, 5.41) is 1.76. The van der Waals surface area contributed by atoms with Gasteiger partial charge in [0.05, 0.1) is 10.5 Å². The van der Waals surface area contributed by atoms with Gasteiger partial charge in [-0.15, -0.1) is 0 Å². The minimum absolute atomic E-state index is 0.0513. The Morgan fingerprint density at radius 2 is 1.74 bits per heavy atom. The van der Waals surface area contributed by atoms with Crippen molar-refractivity contribution in [2.45, 2.75) is 6.18 Å². The summed E-state index contributed by atoms with van der Waals surface area (Å²) < 4.78 is 58.3. The van der Waals surface area contributed by atoms with Crippen molar-refractivity contribution in [3.8, 4) is 11.3 Å². The first kappa shape index (κ1) is 23.3. The normalized spacial score (nSPS) is 15.3. The van der Waals surface area contributed by atoms with Crippen molar-refractivity contribution in [1.82, 2.24) is 4.90 Å². The van der Waals surface area contributed by atoms with Crippen LogP contribution in [0.1, 0.15) is 11.3 Å². The topological polar surface area (TPSA) is 79.6 Å². The largest absolute Gasteiger partial charge is 0.457 e. The lowest BCUT2D eigenvalue weighted by Gasteiger charge is -2.12. The molecule has 0 spiro atoms. The number of rotatable bonds is 5. The van der Waals surface area contributed by atoms with Crippen LogP contribution in [0.4, 0.5) is 28.0 Å². The van der Waals surface area contributed by atoms with E-state index in [1.165, 1.54) is 48.5 Å². The predicted molar refractivity (Wildman–Crippen MR) is 117 cm³/mol. The zero-order valence-corrected chi connectivity index (χ0v) is 17.9. The molecule has 2 aromatic carbocycles. The number of amides is 3. The number of nitrogens with zero attached hydrogens (tertiary/aromatic N) is 1. The molecule has 0 aliphatic carbocycles. The van der Waals surface area contributed by atoms with Gasteiger partial charge < -0.3 is 9.73 Å². The van der Waals surface area contributed by atoms with E-state index < -0.39 is 41.2 Å². The van der Waals surface area contributed by atoms with Crippen LogP contribution < -0.4 is 5.32 Å². The number of benzene rings is 2. The minimum atomic E-state index is -4.58. The van der Waals surface area contributed by atoms with Gasteiger partial charge in [0.15, 0.2) is 0 Å². The third-order valence-corrected chi connectivity index (χ3v) is 5.61. The van der Waals surface area contributed by atoms with Gasteiger partial charge in [0.2, 0.25) is 5.91 Å². The van der Waals surface area contributed by atoms with Gasteiger partial charge in [0.25, 0.3) is 11.1 Å². The molecule has 1 aromatic heterocycles. The maximum Gasteiger partial charge on any atom is 0.417 e. The van der Waals surface area contributed by atoms with Gasteiger partial charge in [-0.25, -0.2) is 4.39 Å². The second-order valence-corrected chi connectivity index (χ2v) is 8.06. The monoisotopic (exact) mass is 490 g/mol. The van der Waals surface area contributed by atoms with Crippen LogP contribution in [0.5, 0.6) is 0 Å². The molecule has 174 valence electrons. The molecule has 4 rings (SSSR count). The molecule has 3 amide bonds. The number of alkyl halides is 3. The molecule has 0 unspecified atom stereocenters. The molecule has 2 heterocycles. The zero-order chi connectivity index (χ0) is 24.5. The predicted octanol–water partition coefficient (Wildman–Crippen LogP) is 5.78. The fourth-order valence-electron chi connectivity index (χ4n) is 3.16. The molecule has 1 aliphatic rings. The first-order valence-corrected chi connectivity index (χ1v) is 10.5. The zero-order valence-electron chi connectivity index (χ0n) is 17.1. The van der Waals surface area contributed by atoms with Gasteiger partial charge in [0, 0.05) is 17.3 Å². The van der Waals surface area contributed by atoms with Crippen LogP contribution in [0.25, 0.3) is 17.4 Å². The summed E-state index contributed by atoms with van der Waals surface area (Å²) in [6.45, 7) is -0.568. The Bertz CT molecular complexity index is 1300. The molecule has 0 radical (unpaired) electrons. The summed E-state index contributed by atoms with van der Waals surface area (Å²) in [6, 6.07) is 12.5. The van der Waals surface area contributed by atoms with Crippen molar-refractivity contribution in [3.05, 3.63) is 82.7 Å². The quantitative estimate of drug-likeness (QED) is 0.362. The molecule has 11 heteroatoms. The van der Waals surface area contributed by atoms with Crippen molar-refractivity contribution in [3.63, 3.8) is 0 Å². The van der Waals surface area contributed by atoms with Gasteiger partial charge in [-0.2, -0.15) is 13.2 Å². The first-order valence-electron chi connectivity index (χ1n) is 9.69. The van der Waals surface area contributed by atoms with Crippen LogP contribution >= 0.6 is 11.8 Å². The van der Waals surface area contributed by atoms with Crippen molar-refractivity contribution < 1.29 is 36.4 Å². The van der Waals surface area contributed by atoms with Crippen LogP contribution in [0.15, 0.2) is 70.0 Å². The van der Waals surface area contributed by atoms with Gasteiger partial charge in [-0.05, 0) is 54.2 Å². The Kier molecular flexibility index (Phi) is 6.29. The van der Waals surface area contributed by atoms with Gasteiger partial charge >= 0.3 is 6.18 Å². The Morgan fingerprint density at radius 3 is 2.44 bits per heavy atom. The van der Waals surface area contributed by atoms with Crippen LogP contribution in [-0.2, 0) is 15.8 Å². The molecule has 0 saturated carbocycles. The number of nitrogens with one attached hydrogen (secondary N) is 1. The summed E-state index contributed by atoms with van der Waals surface area (Å²) in [5.74, 6) is -1.90. The van der Waals surface area contributed by atoms with Gasteiger partial charge in [0.1, 0.15) is 23.9 Å². The highest BCUT2D eigenvalue weighted by Crippen LogP contribution is 2.38. The van der Waals surface area contributed by atoms with E-state index in [0.717, 1.165) is 23.1 Å². The lowest BCUT2D eigenvalue weighted by atomic mass is 10.1. The Balaban J connectivity index is 1.48. The standard InChI is InChI=1S/C23H14F4N2O4S/c24-13-5-7-14(8-6-13)28-20(30)12-29-21(31)19(34-22(29)32)11-15-9-10-18(33-15)16-3-1-2-4-17(16)23(25,26)27/h1-11H,12H2,(H,28,30)/b19-11+. The second kappa shape index (κ2) is 9.18. The third-order valence-electron chi connectivity index (χ3n) is 4.70. The number of furan rings is 1. The van der Waals surface area contributed by atoms with Crippen LogP contribution in [0, 0.1) is 5.82 Å². The summed E-state index contributed by atoms with van der Waals surface area (Å²) in [6.07, 6.45) is -3.36. The van der Waals surface area contributed by atoms with Crippen molar-refractivity contribution in [2.75, 3.05) is 11.9 Å². The lowest BCUT2D eigenvalue weighted by Crippen LogP contribution is -2.36. The third kappa shape index (κ3) is 5.04. The maximum absolute atomic E-state index is 13.3. The van der Waals surface area contributed by atoms with Gasteiger partial charge in [-0.1, -0.05) is 18.2 Å². The molecule has 0 bridgehead atoms. The molecule has 6 nitrogen and oxygen atoms in total. The number of halogens is 4. The number of hydrogen-bond acceptors (Lipinski definition) is 5. The summed E-state index contributed by atoms with van der Waals surface area (Å²) in [5.41, 5.74) is -0.750. The number of anilines is 1. The van der Waals surface area contributed by atoms with E-state index in [2.05, 4.69) is 5.32 Å². The number of carbonyl (C=O) groups excluding carboxylic acids is 3. The van der Waals surface area contributed by atoms with Crippen molar-refractivity contribution in [2.24, 2.45) is 0 Å². The highest BCUT2D eigenvalue weighted by atomic mass is 32.2. The average molecular weight is 490 g/mol. The fraction of sp³-hybridized carbons (Fsp3) is 0.0870. The van der Waals surface area contributed by atoms with Crippen LogP contribution in [0.3, 0.4) is 0 Å². The summed E-state index contributed by atoms with van der Waals surface area (Å²) in [4.78, 5) is 37.7. The molecular weight excluding hydrogens is 476 g/mol. The van der Waals surface area contributed by atoms with E-state index in [-0.39, 0.29) is 27.7 Å². The number of hydrogen-bond donors (Lipinski definition) is 1. The molecule has 1 saturated heterocycles. The first-order chi connectivity index (χ1) is 16.1. The Hall–Kier alpha value is -3.86. The molecule has 0 atom stereocenters. The molecule has 1 N–H and O–H groups in total. The van der Waals surface area contributed by atoms with Crippen LogP contribution in [-0.4, -0.2) is 28.5 Å². The van der Waals surface area contributed by atoms with E-state index >= 15 is 0 Å². The highest BCUT2D eigenvalue weighted by Gasteiger charge is 2.37. The van der Waals surface area contributed by atoms with Crippen LogP contribution in [0.2, 0.25) is 0 Å². The van der Waals surface area contributed by atoms with Crippen molar-refractivity contribution >= 4 is 40.6 Å². The van der Waals surface area contributed by atoms with Crippen molar-refractivity contribution in [1.29, 1.82) is 0 Å². The molecular formula is C23H14F4N2O4S. The summed E-state index contributed by atoms with van der Waals surface area (Å²) >= 11 is 0.568. The minimum Gasteiger partial charge on any atom is -0.457 e. The molecule has 3 aromatic rings. The smallest absolute Gasteiger partial charge is 0.417 e. The highest BCUT2D eigenvalue weighted by molar-refractivity contribution is 8.18. The number of thioether (sulfide) groups is 1. The second-order valence-electron chi connectivity index (χ2n) is 7.07. The van der Waals surface area contributed by atoms with E-state index in [1.54, 1.807) is 0 Å². The maximum atomic E-state index is 13.3. The van der Waals surface area contributed by atoms with E-state index in [4.69, 9.17) is 4.42 Å². The SMILES string of the molecule is O=C(CN1C(=O)S/C(=C/c2ccc(-c3ccccc3C(F)(F)F)o2)C1=O)Nc1ccc(F)cc1. The molecule has 1 fully saturated rings. The van der Waals surface area contributed by atoms with E-state index in [0.29, 0.717) is 11.8 Å².